The molecule has 2 saturated carbocycles. The van der Waals surface area contributed by atoms with E-state index in [4.69, 9.17) is 0 Å². The van der Waals surface area contributed by atoms with Crippen LogP contribution in [0, 0.1) is 0 Å². The topological polar surface area (TPSA) is 59.8 Å². The first-order valence-electron chi connectivity index (χ1n) is 7.74. The van der Waals surface area contributed by atoms with Crippen molar-refractivity contribution in [1.29, 1.82) is 0 Å². The van der Waals surface area contributed by atoms with Gasteiger partial charge in [-0.25, -0.2) is 0 Å². The second-order valence-electron chi connectivity index (χ2n) is 5.92. The number of nitrogens with one attached hydrogen (secondary N) is 1. The fraction of sp³-hybridized carbons (Fsp3) is 0.438. The molecular formula is C16H18N4OS. The van der Waals surface area contributed by atoms with Crippen LogP contribution in [0.5, 0.6) is 0 Å². The molecule has 1 amide bonds. The number of benzene rings is 1. The predicted octanol–water partition coefficient (Wildman–Crippen LogP) is 2.52. The highest BCUT2D eigenvalue weighted by atomic mass is 32.2. The number of amides is 1. The summed E-state index contributed by atoms with van der Waals surface area (Å²) < 4.78 is 2.10. The van der Waals surface area contributed by atoms with Crippen molar-refractivity contribution in [2.24, 2.45) is 0 Å². The normalized spacial score (nSPS) is 17.5. The van der Waals surface area contributed by atoms with Crippen molar-refractivity contribution in [2.45, 2.75) is 42.8 Å². The molecule has 0 saturated heterocycles. The molecule has 1 aromatic heterocycles. The molecule has 2 aliphatic rings. The highest BCUT2D eigenvalue weighted by Gasteiger charge is 2.31. The van der Waals surface area contributed by atoms with Crippen LogP contribution < -0.4 is 5.32 Å². The Morgan fingerprint density at radius 1 is 1.18 bits per heavy atom. The number of thioether (sulfide) groups is 1. The van der Waals surface area contributed by atoms with Gasteiger partial charge in [0, 0.05) is 17.6 Å². The zero-order valence-corrected chi connectivity index (χ0v) is 13.1. The van der Waals surface area contributed by atoms with Crippen molar-refractivity contribution >= 4 is 17.7 Å². The maximum absolute atomic E-state index is 11.9. The molecule has 0 radical (unpaired) electrons. The molecule has 1 N–H and O–H groups in total. The third kappa shape index (κ3) is 3.02. The summed E-state index contributed by atoms with van der Waals surface area (Å²) in [4.78, 5) is 11.9. The van der Waals surface area contributed by atoms with Gasteiger partial charge in [-0.05, 0) is 37.8 Å². The van der Waals surface area contributed by atoms with E-state index in [0.29, 0.717) is 17.7 Å². The van der Waals surface area contributed by atoms with E-state index in [-0.39, 0.29) is 5.91 Å². The van der Waals surface area contributed by atoms with E-state index in [9.17, 15) is 4.79 Å². The number of rotatable bonds is 6. The lowest BCUT2D eigenvalue weighted by Gasteiger charge is -2.09. The summed E-state index contributed by atoms with van der Waals surface area (Å²) in [5.41, 5.74) is 1.07. The molecular weight excluding hydrogens is 296 g/mol. The average molecular weight is 314 g/mol. The molecule has 1 heterocycles. The monoisotopic (exact) mass is 314 g/mol. The molecule has 2 aliphatic carbocycles. The Morgan fingerprint density at radius 3 is 2.64 bits per heavy atom. The number of aromatic nitrogens is 3. The van der Waals surface area contributed by atoms with Crippen LogP contribution in [0.4, 0.5) is 0 Å². The number of hydrogen-bond acceptors (Lipinski definition) is 4. The quantitative estimate of drug-likeness (QED) is 0.832. The molecule has 22 heavy (non-hydrogen) atoms. The highest BCUT2D eigenvalue weighted by molar-refractivity contribution is 7.99. The van der Waals surface area contributed by atoms with Crippen LogP contribution in [-0.2, 0) is 4.79 Å². The van der Waals surface area contributed by atoms with Gasteiger partial charge in [0.25, 0.3) is 0 Å². The Labute approximate surface area is 133 Å². The molecule has 6 heteroatoms. The minimum absolute atomic E-state index is 0.0862. The molecule has 0 aliphatic heterocycles. The lowest BCUT2D eigenvalue weighted by atomic mass is 10.3. The third-order valence-corrected chi connectivity index (χ3v) is 4.82. The van der Waals surface area contributed by atoms with E-state index in [1.54, 1.807) is 0 Å². The van der Waals surface area contributed by atoms with E-state index in [2.05, 4.69) is 32.2 Å². The summed E-state index contributed by atoms with van der Waals surface area (Å²) in [6, 6.07) is 10.6. The van der Waals surface area contributed by atoms with Crippen LogP contribution in [0.25, 0.3) is 5.69 Å². The van der Waals surface area contributed by atoms with Crippen LogP contribution >= 0.6 is 11.8 Å². The molecule has 0 spiro atoms. The first kappa shape index (κ1) is 13.8. The molecule has 0 bridgehead atoms. The minimum atomic E-state index is 0.0862. The van der Waals surface area contributed by atoms with Gasteiger partial charge >= 0.3 is 0 Å². The van der Waals surface area contributed by atoms with Crippen LogP contribution in [0.1, 0.15) is 37.4 Å². The van der Waals surface area contributed by atoms with Gasteiger partial charge in [-0.2, -0.15) is 0 Å². The van der Waals surface area contributed by atoms with E-state index < -0.39 is 0 Å². The molecule has 2 aromatic rings. The van der Waals surface area contributed by atoms with Gasteiger partial charge in [0.2, 0.25) is 5.91 Å². The smallest absolute Gasteiger partial charge is 0.230 e. The summed E-state index contributed by atoms with van der Waals surface area (Å²) in [6.45, 7) is 0. The summed E-state index contributed by atoms with van der Waals surface area (Å²) in [6.07, 6.45) is 4.58. The Bertz CT molecular complexity index is 677. The molecule has 1 aromatic carbocycles. The fourth-order valence-corrected chi connectivity index (χ4v) is 3.20. The number of para-hydroxylation sites is 1. The van der Waals surface area contributed by atoms with Crippen LogP contribution in [-0.4, -0.2) is 32.5 Å². The maximum Gasteiger partial charge on any atom is 0.230 e. The lowest BCUT2D eigenvalue weighted by Crippen LogP contribution is -2.27. The van der Waals surface area contributed by atoms with Crippen molar-refractivity contribution in [3.8, 4) is 5.69 Å². The Morgan fingerprint density at radius 2 is 1.95 bits per heavy atom. The van der Waals surface area contributed by atoms with Crippen LogP contribution in [0.3, 0.4) is 0 Å². The van der Waals surface area contributed by atoms with E-state index in [0.717, 1.165) is 29.5 Å². The molecule has 5 nitrogen and oxygen atoms in total. The van der Waals surface area contributed by atoms with E-state index in [1.807, 2.05) is 18.2 Å². The second-order valence-corrected chi connectivity index (χ2v) is 6.86. The molecule has 0 unspecified atom stereocenters. The first-order chi connectivity index (χ1) is 10.8. The molecule has 4 rings (SSSR count). The molecule has 0 atom stereocenters. The zero-order valence-electron chi connectivity index (χ0n) is 12.2. The third-order valence-electron chi connectivity index (χ3n) is 3.89. The predicted molar refractivity (Wildman–Crippen MR) is 85.2 cm³/mol. The summed E-state index contributed by atoms with van der Waals surface area (Å²) >= 11 is 1.46. The highest BCUT2D eigenvalue weighted by Crippen LogP contribution is 2.41. The number of carbonyl (C=O) groups is 1. The van der Waals surface area contributed by atoms with Crippen molar-refractivity contribution in [1.82, 2.24) is 20.1 Å². The van der Waals surface area contributed by atoms with E-state index >= 15 is 0 Å². The van der Waals surface area contributed by atoms with Crippen LogP contribution in [0.15, 0.2) is 35.5 Å². The van der Waals surface area contributed by atoms with Gasteiger partial charge in [-0.3, -0.25) is 9.36 Å². The SMILES string of the molecule is O=C(CSc1nnc(C2CC2)n1-c1ccccc1)NC1CC1. The fourth-order valence-electron chi connectivity index (χ4n) is 2.43. The van der Waals surface area contributed by atoms with Crippen molar-refractivity contribution < 1.29 is 4.79 Å². The van der Waals surface area contributed by atoms with Crippen LogP contribution in [0.2, 0.25) is 0 Å². The van der Waals surface area contributed by atoms with E-state index in [1.165, 1.54) is 24.6 Å². The number of carbonyl (C=O) groups excluding carboxylic acids is 1. The lowest BCUT2D eigenvalue weighted by molar-refractivity contribution is -0.118. The van der Waals surface area contributed by atoms with Gasteiger partial charge < -0.3 is 5.32 Å². The van der Waals surface area contributed by atoms with Gasteiger partial charge in [0.1, 0.15) is 5.82 Å². The Kier molecular flexibility index (Phi) is 3.62. The van der Waals surface area contributed by atoms with Gasteiger partial charge in [0.15, 0.2) is 5.16 Å². The largest absolute Gasteiger partial charge is 0.353 e. The van der Waals surface area contributed by atoms with Crippen molar-refractivity contribution in [3.63, 3.8) is 0 Å². The Balaban J connectivity index is 1.54. The molecule has 114 valence electrons. The van der Waals surface area contributed by atoms with Crippen molar-refractivity contribution in [3.05, 3.63) is 36.2 Å². The number of hydrogen-bond donors (Lipinski definition) is 1. The number of nitrogens with zero attached hydrogens (tertiary/aromatic N) is 3. The summed E-state index contributed by atoms with van der Waals surface area (Å²) in [5.74, 6) is 2.02. The Hall–Kier alpha value is -1.82. The maximum atomic E-state index is 11.9. The average Bonchev–Trinajstić information content (AvgIpc) is 3.46. The minimum Gasteiger partial charge on any atom is -0.353 e. The summed E-state index contributed by atoms with van der Waals surface area (Å²) in [5, 5.41) is 12.5. The first-order valence-corrected chi connectivity index (χ1v) is 8.73. The zero-order chi connectivity index (χ0) is 14.9. The standard InChI is InChI=1S/C16H18N4OS/c21-14(17-12-8-9-12)10-22-16-19-18-15(11-6-7-11)20(16)13-4-2-1-3-5-13/h1-5,11-12H,6-10H2,(H,17,21). The summed E-state index contributed by atoms with van der Waals surface area (Å²) in [7, 11) is 0. The molecule has 2 fully saturated rings. The van der Waals surface area contributed by atoms with Crippen molar-refractivity contribution in [2.75, 3.05) is 5.75 Å². The van der Waals surface area contributed by atoms with Gasteiger partial charge in [-0.1, -0.05) is 30.0 Å². The van der Waals surface area contributed by atoms with Gasteiger partial charge in [-0.15, -0.1) is 10.2 Å². The van der Waals surface area contributed by atoms with Gasteiger partial charge in [0.05, 0.1) is 5.75 Å². The second kappa shape index (κ2) is 5.76.